The minimum absolute atomic E-state index is 0.0287. The minimum atomic E-state index is -0.0287. The second-order valence-corrected chi connectivity index (χ2v) is 4.89. The normalized spacial score (nSPS) is 11.7. The van der Waals surface area contributed by atoms with E-state index in [9.17, 15) is 4.79 Å². The zero-order valence-corrected chi connectivity index (χ0v) is 10.3. The fourth-order valence-corrected chi connectivity index (χ4v) is 1.27. The summed E-state index contributed by atoms with van der Waals surface area (Å²) in [5.74, 6) is 0. The highest BCUT2D eigenvalue weighted by atomic mass is 79.9. The molecule has 1 heterocycles. The van der Waals surface area contributed by atoms with Crippen LogP contribution >= 0.6 is 15.9 Å². The minimum Gasteiger partial charge on any atom is -0.268 e. The lowest BCUT2D eigenvalue weighted by atomic mass is 9.97. The summed E-state index contributed by atoms with van der Waals surface area (Å²) >= 11 is 3.42. The maximum Gasteiger partial charge on any atom is 0.267 e. The summed E-state index contributed by atoms with van der Waals surface area (Å²) in [6.45, 7) is 6.69. The Morgan fingerprint density at radius 2 is 2.21 bits per heavy atom. The molecule has 0 aromatic carbocycles. The Morgan fingerprint density at radius 1 is 1.57 bits per heavy atom. The van der Waals surface area contributed by atoms with Gasteiger partial charge in [-0.15, -0.1) is 0 Å². The summed E-state index contributed by atoms with van der Waals surface area (Å²) in [6, 6.07) is 1.61. The van der Waals surface area contributed by atoms with Gasteiger partial charge in [0.2, 0.25) is 0 Å². The summed E-state index contributed by atoms with van der Waals surface area (Å²) in [7, 11) is 0. The van der Waals surface area contributed by atoms with Crippen molar-refractivity contribution in [2.45, 2.75) is 27.3 Å². The Morgan fingerprint density at radius 3 is 2.71 bits per heavy atom. The highest BCUT2D eigenvalue weighted by molar-refractivity contribution is 9.09. The van der Waals surface area contributed by atoms with Crippen molar-refractivity contribution in [3.63, 3.8) is 0 Å². The molecule has 1 rings (SSSR count). The van der Waals surface area contributed by atoms with Gasteiger partial charge in [-0.3, -0.25) is 4.79 Å². The number of alkyl halides is 1. The van der Waals surface area contributed by atoms with Gasteiger partial charge in [-0.05, 0) is 17.9 Å². The summed E-state index contributed by atoms with van der Waals surface area (Å²) in [4.78, 5) is 11.5. The number of aryl methyl sites for hydroxylation is 1. The van der Waals surface area contributed by atoms with Crippen molar-refractivity contribution in [1.82, 2.24) is 9.78 Å². The van der Waals surface area contributed by atoms with Crippen LogP contribution in [0, 0.1) is 12.3 Å². The van der Waals surface area contributed by atoms with Crippen LogP contribution in [0.2, 0.25) is 0 Å². The van der Waals surface area contributed by atoms with Gasteiger partial charge in [-0.25, -0.2) is 4.68 Å². The van der Waals surface area contributed by atoms with E-state index in [0.717, 1.165) is 10.9 Å². The Balaban J connectivity index is 2.93. The molecule has 0 atom stereocenters. The Bertz CT molecular complexity index is 371. The van der Waals surface area contributed by atoms with Crippen LogP contribution in [0.25, 0.3) is 0 Å². The van der Waals surface area contributed by atoms with Gasteiger partial charge < -0.3 is 0 Å². The number of halogens is 1. The van der Waals surface area contributed by atoms with Crippen LogP contribution in [0.4, 0.5) is 0 Å². The molecule has 0 unspecified atom stereocenters. The van der Waals surface area contributed by atoms with Gasteiger partial charge in [0.05, 0.1) is 12.7 Å². The zero-order valence-electron chi connectivity index (χ0n) is 8.75. The predicted octanol–water partition coefficient (Wildman–Crippen LogP) is 1.97. The number of aromatic nitrogens is 2. The first-order valence-electron chi connectivity index (χ1n) is 4.54. The van der Waals surface area contributed by atoms with Gasteiger partial charge in [0, 0.05) is 11.4 Å². The van der Waals surface area contributed by atoms with Crippen LogP contribution in [0.3, 0.4) is 0 Å². The third-order valence-corrected chi connectivity index (χ3v) is 3.46. The zero-order chi connectivity index (χ0) is 10.8. The van der Waals surface area contributed by atoms with Gasteiger partial charge in [0.25, 0.3) is 5.56 Å². The molecule has 14 heavy (non-hydrogen) atoms. The third-order valence-electron chi connectivity index (χ3n) is 1.95. The van der Waals surface area contributed by atoms with Crippen molar-refractivity contribution in [2.75, 3.05) is 5.33 Å². The highest BCUT2D eigenvalue weighted by Crippen LogP contribution is 2.19. The van der Waals surface area contributed by atoms with Crippen molar-refractivity contribution in [3.8, 4) is 0 Å². The summed E-state index contributed by atoms with van der Waals surface area (Å²) < 4.78 is 1.51. The van der Waals surface area contributed by atoms with E-state index < -0.39 is 0 Å². The molecule has 0 bridgehead atoms. The molecule has 0 amide bonds. The molecule has 0 aliphatic carbocycles. The molecule has 1 aromatic rings. The predicted molar refractivity (Wildman–Crippen MR) is 60.8 cm³/mol. The van der Waals surface area contributed by atoms with Crippen LogP contribution in [0.5, 0.6) is 0 Å². The first-order valence-corrected chi connectivity index (χ1v) is 5.66. The lowest BCUT2D eigenvalue weighted by Crippen LogP contribution is -2.30. The van der Waals surface area contributed by atoms with E-state index in [-0.39, 0.29) is 11.0 Å². The molecule has 0 aliphatic rings. The monoisotopic (exact) mass is 258 g/mol. The van der Waals surface area contributed by atoms with Crippen molar-refractivity contribution in [3.05, 3.63) is 28.2 Å². The lowest BCUT2D eigenvalue weighted by molar-refractivity contribution is 0.326. The number of nitrogens with zero attached hydrogens (tertiary/aromatic N) is 2. The molecule has 0 saturated carbocycles. The van der Waals surface area contributed by atoms with E-state index in [4.69, 9.17) is 0 Å². The SMILES string of the molecule is Cc1cnn(CC(C)(C)CBr)c(=O)c1. The van der Waals surface area contributed by atoms with Gasteiger partial charge in [-0.2, -0.15) is 5.10 Å². The van der Waals surface area contributed by atoms with Crippen LogP contribution in [-0.4, -0.2) is 15.1 Å². The summed E-state index contributed by atoms with van der Waals surface area (Å²) in [6.07, 6.45) is 1.71. The van der Waals surface area contributed by atoms with Crippen molar-refractivity contribution in [2.24, 2.45) is 5.41 Å². The van der Waals surface area contributed by atoms with Crippen molar-refractivity contribution >= 4 is 15.9 Å². The average molecular weight is 259 g/mol. The Kier molecular flexibility index (Phi) is 3.48. The highest BCUT2D eigenvalue weighted by Gasteiger charge is 2.17. The molecule has 4 heteroatoms. The quantitative estimate of drug-likeness (QED) is 0.778. The van der Waals surface area contributed by atoms with Crippen LogP contribution in [-0.2, 0) is 6.54 Å². The maximum absolute atomic E-state index is 11.5. The lowest BCUT2D eigenvalue weighted by Gasteiger charge is -2.21. The molecular formula is C10H15BrN2O. The summed E-state index contributed by atoms with van der Waals surface area (Å²) in [5.41, 5.74) is 0.924. The molecule has 0 saturated heterocycles. The van der Waals surface area contributed by atoms with Crippen molar-refractivity contribution in [1.29, 1.82) is 0 Å². The smallest absolute Gasteiger partial charge is 0.267 e. The fourth-order valence-electron chi connectivity index (χ4n) is 1.09. The van der Waals surface area contributed by atoms with Crippen LogP contribution in [0.1, 0.15) is 19.4 Å². The van der Waals surface area contributed by atoms with Gasteiger partial charge >= 0.3 is 0 Å². The van der Waals surface area contributed by atoms with Crippen LogP contribution < -0.4 is 5.56 Å². The molecule has 0 fully saturated rings. The molecule has 0 aliphatic heterocycles. The maximum atomic E-state index is 11.5. The second-order valence-electron chi connectivity index (χ2n) is 4.33. The molecule has 0 radical (unpaired) electrons. The first-order chi connectivity index (χ1) is 6.44. The topological polar surface area (TPSA) is 34.9 Å². The molecule has 0 spiro atoms. The average Bonchev–Trinajstić information content (AvgIpc) is 2.10. The standard InChI is InChI=1S/C10H15BrN2O/c1-8-4-9(14)13(12-5-8)7-10(2,3)6-11/h4-5H,6-7H2,1-3H3. The van der Waals surface area contributed by atoms with E-state index in [1.807, 2.05) is 6.92 Å². The van der Waals surface area contributed by atoms with E-state index in [1.165, 1.54) is 4.68 Å². The van der Waals surface area contributed by atoms with Gasteiger partial charge in [0.15, 0.2) is 0 Å². The molecule has 3 nitrogen and oxygen atoms in total. The Hall–Kier alpha value is -0.640. The molecular weight excluding hydrogens is 244 g/mol. The largest absolute Gasteiger partial charge is 0.268 e. The molecule has 1 aromatic heterocycles. The third kappa shape index (κ3) is 2.94. The second kappa shape index (κ2) is 4.26. The fraction of sp³-hybridized carbons (Fsp3) is 0.600. The number of rotatable bonds is 3. The molecule has 78 valence electrons. The van der Waals surface area contributed by atoms with E-state index in [1.54, 1.807) is 12.3 Å². The first kappa shape index (κ1) is 11.4. The summed E-state index contributed by atoms with van der Waals surface area (Å²) in [5, 5.41) is 4.94. The van der Waals surface area contributed by atoms with E-state index in [2.05, 4.69) is 34.9 Å². The van der Waals surface area contributed by atoms with Crippen molar-refractivity contribution < 1.29 is 0 Å². The van der Waals surface area contributed by atoms with E-state index in [0.29, 0.717) is 6.54 Å². The number of hydrogen-bond donors (Lipinski definition) is 0. The Labute approximate surface area is 92.3 Å². The van der Waals surface area contributed by atoms with Gasteiger partial charge in [0.1, 0.15) is 0 Å². The van der Waals surface area contributed by atoms with Gasteiger partial charge in [-0.1, -0.05) is 29.8 Å². The van der Waals surface area contributed by atoms with E-state index >= 15 is 0 Å². The van der Waals surface area contributed by atoms with Crippen LogP contribution in [0.15, 0.2) is 17.1 Å². The molecule has 0 N–H and O–H groups in total. The number of hydrogen-bond acceptors (Lipinski definition) is 2.